The molecule has 1 aromatic carbocycles. The molecule has 2 aliphatic rings. The first-order valence-corrected chi connectivity index (χ1v) is 7.83. The number of benzene rings is 1. The molecule has 110 valence electrons. The number of hydrogen-bond donors (Lipinski definition) is 2. The third kappa shape index (κ3) is 4.10. The van der Waals surface area contributed by atoms with Gasteiger partial charge in [0, 0.05) is 23.0 Å². The second-order valence-corrected chi connectivity index (χ2v) is 6.58. The fraction of sp³-hybridized carbons (Fsp3) is 0.533. The molecule has 2 aliphatic carbocycles. The first-order chi connectivity index (χ1) is 9.22. The molecule has 1 aromatic rings. The Kier molecular flexibility index (Phi) is 5.72. The molecule has 2 saturated carbocycles. The smallest absolute Gasteiger partial charge is 0.188 e. The van der Waals surface area contributed by atoms with E-state index in [9.17, 15) is 0 Å². The second-order valence-electron chi connectivity index (χ2n) is 5.67. The van der Waals surface area contributed by atoms with Crippen LogP contribution >= 0.6 is 39.9 Å². The number of halogens is 2. The van der Waals surface area contributed by atoms with Crippen molar-refractivity contribution in [2.75, 3.05) is 6.54 Å². The van der Waals surface area contributed by atoms with Crippen molar-refractivity contribution in [2.24, 2.45) is 16.6 Å². The van der Waals surface area contributed by atoms with Crippen LogP contribution < -0.4 is 11.1 Å². The minimum Gasteiger partial charge on any atom is -0.370 e. The van der Waals surface area contributed by atoms with Crippen LogP contribution in [0.2, 0.25) is 0 Å². The normalized spacial score (nSPS) is 25.6. The van der Waals surface area contributed by atoms with Crippen LogP contribution in [0, 0.1) is 5.92 Å². The molecule has 0 radical (unpaired) electrons. The first-order valence-electron chi connectivity index (χ1n) is 7.04. The van der Waals surface area contributed by atoms with Gasteiger partial charge in [-0.25, -0.2) is 0 Å². The lowest BCUT2D eigenvalue weighted by Crippen LogP contribution is -2.35. The van der Waals surface area contributed by atoms with Crippen LogP contribution in [0.5, 0.6) is 0 Å². The van der Waals surface area contributed by atoms with Gasteiger partial charge in [-0.1, -0.05) is 34.5 Å². The van der Waals surface area contributed by atoms with Gasteiger partial charge in [0.1, 0.15) is 0 Å². The molecule has 3 rings (SSSR count). The molecule has 20 heavy (non-hydrogen) atoms. The Hall–Kier alpha value is -0.300. The zero-order valence-electron chi connectivity index (χ0n) is 11.4. The number of hydrogen-bond acceptors (Lipinski definition) is 1. The predicted octanol–water partition coefficient (Wildman–Crippen LogP) is 3.63. The van der Waals surface area contributed by atoms with E-state index in [-0.39, 0.29) is 24.0 Å². The summed E-state index contributed by atoms with van der Waals surface area (Å²) in [4.78, 5) is 4.44. The average molecular weight is 450 g/mol. The van der Waals surface area contributed by atoms with E-state index in [2.05, 4.69) is 50.5 Å². The summed E-state index contributed by atoms with van der Waals surface area (Å²) in [6.07, 6.45) is 5.16. The van der Waals surface area contributed by atoms with Gasteiger partial charge in [0.15, 0.2) is 5.96 Å². The molecular weight excluding hydrogens is 429 g/mol. The second kappa shape index (κ2) is 7.11. The molecule has 0 aliphatic heterocycles. The van der Waals surface area contributed by atoms with Gasteiger partial charge < -0.3 is 11.1 Å². The van der Waals surface area contributed by atoms with Gasteiger partial charge in [0.25, 0.3) is 0 Å². The lowest BCUT2D eigenvalue weighted by Gasteiger charge is -2.23. The molecule has 0 bridgehead atoms. The molecule has 3 nitrogen and oxygen atoms in total. The van der Waals surface area contributed by atoms with Crippen molar-refractivity contribution >= 4 is 45.9 Å². The van der Waals surface area contributed by atoms with Gasteiger partial charge in [-0.15, -0.1) is 24.0 Å². The van der Waals surface area contributed by atoms with Crippen molar-refractivity contribution in [1.29, 1.82) is 0 Å². The van der Waals surface area contributed by atoms with Crippen LogP contribution in [0.4, 0.5) is 0 Å². The van der Waals surface area contributed by atoms with Gasteiger partial charge in [-0.05, 0) is 42.9 Å². The highest BCUT2D eigenvalue weighted by Gasteiger charge is 2.38. The Labute approximate surface area is 146 Å². The van der Waals surface area contributed by atoms with E-state index in [1.165, 1.54) is 24.8 Å². The Morgan fingerprint density at radius 3 is 2.60 bits per heavy atom. The van der Waals surface area contributed by atoms with Crippen molar-refractivity contribution in [3.63, 3.8) is 0 Å². The number of rotatable bonds is 4. The summed E-state index contributed by atoms with van der Waals surface area (Å²) in [5.41, 5.74) is 7.32. The molecule has 0 saturated heterocycles. The van der Waals surface area contributed by atoms with E-state index in [1.54, 1.807) is 0 Å². The highest BCUT2D eigenvalue weighted by molar-refractivity contribution is 14.0. The molecule has 5 heteroatoms. The minimum absolute atomic E-state index is 0. The van der Waals surface area contributed by atoms with E-state index in [0.29, 0.717) is 17.9 Å². The predicted molar refractivity (Wildman–Crippen MR) is 97.7 cm³/mol. The fourth-order valence-corrected chi connectivity index (χ4v) is 2.84. The van der Waals surface area contributed by atoms with Crippen LogP contribution in [-0.2, 0) is 0 Å². The van der Waals surface area contributed by atoms with Crippen molar-refractivity contribution in [2.45, 2.75) is 37.6 Å². The summed E-state index contributed by atoms with van der Waals surface area (Å²) >= 11 is 3.46. The standard InChI is InChI=1S/C15H20BrN3.HI/c16-12-6-4-11(5-7-12)13-8-14(13)19-15(17)18-9-10-2-1-3-10;/h4-7,10,13-14H,1-3,8-9H2,(H3,17,18,19);1H. The van der Waals surface area contributed by atoms with Crippen molar-refractivity contribution in [1.82, 2.24) is 5.32 Å². The Morgan fingerprint density at radius 1 is 1.30 bits per heavy atom. The Balaban J connectivity index is 0.00000147. The average Bonchev–Trinajstić information content (AvgIpc) is 3.07. The Morgan fingerprint density at radius 2 is 2.00 bits per heavy atom. The molecule has 0 spiro atoms. The maximum absolute atomic E-state index is 5.94. The highest BCUT2D eigenvalue weighted by atomic mass is 127. The zero-order valence-corrected chi connectivity index (χ0v) is 15.3. The molecule has 0 heterocycles. The van der Waals surface area contributed by atoms with Crippen LogP contribution in [0.25, 0.3) is 0 Å². The minimum atomic E-state index is 0. The topological polar surface area (TPSA) is 50.4 Å². The molecule has 3 N–H and O–H groups in total. The summed E-state index contributed by atoms with van der Waals surface area (Å²) in [6, 6.07) is 9.01. The van der Waals surface area contributed by atoms with Crippen LogP contribution in [-0.4, -0.2) is 18.5 Å². The van der Waals surface area contributed by atoms with Crippen LogP contribution in [0.1, 0.15) is 37.2 Å². The lowest BCUT2D eigenvalue weighted by molar-refractivity contribution is 0.326. The largest absolute Gasteiger partial charge is 0.370 e. The number of guanidine groups is 1. The fourth-order valence-electron chi connectivity index (χ4n) is 2.57. The molecule has 2 unspecified atom stereocenters. The van der Waals surface area contributed by atoms with Gasteiger partial charge in [-0.3, -0.25) is 4.99 Å². The zero-order chi connectivity index (χ0) is 13.2. The molecule has 2 fully saturated rings. The van der Waals surface area contributed by atoms with Gasteiger partial charge in [0.05, 0.1) is 0 Å². The van der Waals surface area contributed by atoms with Gasteiger partial charge >= 0.3 is 0 Å². The summed E-state index contributed by atoms with van der Waals surface area (Å²) in [7, 11) is 0. The van der Waals surface area contributed by atoms with E-state index >= 15 is 0 Å². The molecular formula is C15H21BrIN3. The summed E-state index contributed by atoms with van der Waals surface area (Å²) in [6.45, 7) is 0.897. The quantitative estimate of drug-likeness (QED) is 0.419. The van der Waals surface area contributed by atoms with E-state index in [0.717, 1.165) is 23.4 Å². The van der Waals surface area contributed by atoms with Crippen LogP contribution in [0.3, 0.4) is 0 Å². The SMILES string of the molecule is I.NC(=NCC1CCC1)NC1CC1c1ccc(Br)cc1. The molecule has 2 atom stereocenters. The number of nitrogens with one attached hydrogen (secondary N) is 1. The summed E-state index contributed by atoms with van der Waals surface area (Å²) in [5.74, 6) is 1.99. The summed E-state index contributed by atoms with van der Waals surface area (Å²) < 4.78 is 1.13. The van der Waals surface area contributed by atoms with Crippen molar-refractivity contribution in [3.05, 3.63) is 34.3 Å². The number of nitrogens with zero attached hydrogens (tertiary/aromatic N) is 1. The highest BCUT2D eigenvalue weighted by Crippen LogP contribution is 2.40. The third-order valence-corrected chi connectivity index (χ3v) is 4.70. The van der Waals surface area contributed by atoms with Gasteiger partial charge in [-0.2, -0.15) is 0 Å². The van der Waals surface area contributed by atoms with Gasteiger partial charge in [0.2, 0.25) is 0 Å². The van der Waals surface area contributed by atoms with Crippen LogP contribution in [0.15, 0.2) is 33.7 Å². The van der Waals surface area contributed by atoms with Crippen molar-refractivity contribution < 1.29 is 0 Å². The van der Waals surface area contributed by atoms with Crippen molar-refractivity contribution in [3.8, 4) is 0 Å². The first kappa shape index (κ1) is 16.1. The molecule has 0 aromatic heterocycles. The number of nitrogens with two attached hydrogens (primary N) is 1. The van der Waals surface area contributed by atoms with E-state index < -0.39 is 0 Å². The van der Waals surface area contributed by atoms with E-state index in [1.807, 2.05) is 0 Å². The Bertz CT molecular complexity index is 471. The third-order valence-electron chi connectivity index (χ3n) is 4.17. The molecule has 0 amide bonds. The maximum Gasteiger partial charge on any atom is 0.188 e. The maximum atomic E-state index is 5.94. The van der Waals surface area contributed by atoms with E-state index in [4.69, 9.17) is 5.73 Å². The lowest BCUT2D eigenvalue weighted by atomic mass is 9.86. The summed E-state index contributed by atoms with van der Waals surface area (Å²) in [5, 5.41) is 3.34. The monoisotopic (exact) mass is 449 g/mol. The number of aliphatic imine (C=N–C) groups is 1.